The van der Waals surface area contributed by atoms with Gasteiger partial charge in [0.25, 0.3) is 10.0 Å². The summed E-state index contributed by atoms with van der Waals surface area (Å²) in [5, 5.41) is 0.411. The number of rotatable bonds is 2. The third-order valence-electron chi connectivity index (χ3n) is 3.60. The Kier molecular flexibility index (Phi) is 3.57. The first kappa shape index (κ1) is 15.2. The highest BCUT2D eigenvalue weighted by atomic mass is 35.5. The lowest BCUT2D eigenvalue weighted by Crippen LogP contribution is -2.42. The minimum Gasteiger partial charge on any atom is -0.485 e. The normalized spacial score (nSPS) is 18.0. The monoisotopic (exact) mass is 341 g/mol. The Bertz CT molecular complexity index is 812. The molecule has 0 fully saturated rings. The van der Waals surface area contributed by atoms with Crippen molar-refractivity contribution in [3.8, 4) is 5.75 Å². The summed E-state index contributed by atoms with van der Waals surface area (Å²) in [6, 6.07) is 5.06. The van der Waals surface area contributed by atoms with Gasteiger partial charge in [-0.3, -0.25) is 4.31 Å². The number of para-hydroxylation sites is 1. The van der Waals surface area contributed by atoms with Crippen molar-refractivity contribution in [1.29, 1.82) is 0 Å². The molecule has 0 spiro atoms. The van der Waals surface area contributed by atoms with E-state index in [2.05, 4.69) is 4.98 Å². The van der Waals surface area contributed by atoms with Crippen LogP contribution in [-0.4, -0.2) is 30.6 Å². The van der Waals surface area contributed by atoms with Crippen LogP contribution in [0.2, 0.25) is 5.02 Å². The summed E-state index contributed by atoms with van der Waals surface area (Å²) in [7, 11) is -2.01. The Morgan fingerprint density at radius 2 is 2.14 bits per heavy atom. The zero-order valence-corrected chi connectivity index (χ0v) is 14.0. The van der Waals surface area contributed by atoms with E-state index >= 15 is 0 Å². The number of ether oxygens (including phenoxy) is 1. The van der Waals surface area contributed by atoms with Gasteiger partial charge in [0.1, 0.15) is 11.9 Å². The van der Waals surface area contributed by atoms with Crippen LogP contribution in [0.1, 0.15) is 12.7 Å². The molecule has 3 rings (SSSR count). The zero-order valence-electron chi connectivity index (χ0n) is 12.4. The number of aryl methyl sites for hydroxylation is 2. The zero-order chi connectivity index (χ0) is 16.1. The standard InChI is InChI=1S/C14H16ClN3O3S/c1-9-7-18(12-6-4-5-11(15)14(12)21-9)22(19,20)13-8-17(3)10(2)16-13/h4-6,8-9H,7H2,1-3H3. The van der Waals surface area contributed by atoms with Crippen LogP contribution in [-0.2, 0) is 17.1 Å². The average molecular weight is 342 g/mol. The minimum absolute atomic E-state index is 0.0209. The van der Waals surface area contributed by atoms with Crippen LogP contribution in [0.25, 0.3) is 0 Å². The maximum Gasteiger partial charge on any atom is 0.283 e. The van der Waals surface area contributed by atoms with Gasteiger partial charge in [-0.15, -0.1) is 0 Å². The number of halogens is 1. The average Bonchev–Trinajstić information content (AvgIpc) is 2.80. The van der Waals surface area contributed by atoms with Crippen LogP contribution in [0.4, 0.5) is 5.69 Å². The van der Waals surface area contributed by atoms with Crippen LogP contribution in [0.15, 0.2) is 29.4 Å². The summed E-state index contributed by atoms with van der Waals surface area (Å²) in [6.07, 6.45) is 1.21. The fourth-order valence-electron chi connectivity index (χ4n) is 2.37. The number of anilines is 1. The highest BCUT2D eigenvalue weighted by Gasteiger charge is 2.35. The second-order valence-corrected chi connectivity index (χ2v) is 7.51. The van der Waals surface area contributed by atoms with Crippen molar-refractivity contribution < 1.29 is 13.2 Å². The lowest BCUT2D eigenvalue weighted by atomic mass is 10.2. The maximum absolute atomic E-state index is 12.9. The van der Waals surface area contributed by atoms with Crippen molar-refractivity contribution in [2.45, 2.75) is 25.0 Å². The van der Waals surface area contributed by atoms with Crippen molar-refractivity contribution in [3.63, 3.8) is 0 Å². The van der Waals surface area contributed by atoms with Crippen molar-refractivity contribution >= 4 is 27.3 Å². The number of fused-ring (bicyclic) bond motifs is 1. The first-order valence-electron chi connectivity index (χ1n) is 6.78. The van der Waals surface area contributed by atoms with Crippen LogP contribution < -0.4 is 9.04 Å². The van der Waals surface area contributed by atoms with Gasteiger partial charge in [-0.2, -0.15) is 8.42 Å². The number of benzene rings is 1. The molecule has 0 radical (unpaired) electrons. The van der Waals surface area contributed by atoms with E-state index in [1.165, 1.54) is 10.5 Å². The van der Waals surface area contributed by atoms with Gasteiger partial charge in [-0.05, 0) is 26.0 Å². The lowest BCUT2D eigenvalue weighted by molar-refractivity contribution is 0.219. The molecule has 0 saturated heterocycles. The number of hydrogen-bond acceptors (Lipinski definition) is 4. The molecule has 0 saturated carbocycles. The summed E-state index contributed by atoms with van der Waals surface area (Å²) in [5.74, 6) is 1.02. The van der Waals surface area contributed by atoms with E-state index in [9.17, 15) is 8.42 Å². The Balaban J connectivity index is 2.14. The maximum atomic E-state index is 12.9. The molecule has 0 amide bonds. The fourth-order valence-corrected chi connectivity index (χ4v) is 4.16. The predicted molar refractivity (Wildman–Crippen MR) is 84.0 cm³/mol. The van der Waals surface area contributed by atoms with E-state index in [0.717, 1.165) is 0 Å². The summed E-state index contributed by atoms with van der Waals surface area (Å²) >= 11 is 6.13. The van der Waals surface area contributed by atoms with Gasteiger partial charge in [0, 0.05) is 13.2 Å². The molecule has 1 unspecified atom stereocenters. The van der Waals surface area contributed by atoms with E-state index in [0.29, 0.717) is 22.3 Å². The van der Waals surface area contributed by atoms with E-state index < -0.39 is 10.0 Å². The third-order valence-corrected chi connectivity index (χ3v) is 5.55. The van der Waals surface area contributed by atoms with Crippen LogP contribution in [0, 0.1) is 6.92 Å². The highest BCUT2D eigenvalue weighted by Crippen LogP contribution is 2.41. The summed E-state index contributed by atoms with van der Waals surface area (Å²) in [6.45, 7) is 3.77. The number of hydrogen-bond donors (Lipinski definition) is 0. The largest absolute Gasteiger partial charge is 0.485 e. The quantitative estimate of drug-likeness (QED) is 0.841. The van der Waals surface area contributed by atoms with Gasteiger partial charge in [0.2, 0.25) is 0 Å². The van der Waals surface area contributed by atoms with E-state index in [-0.39, 0.29) is 17.7 Å². The summed E-state index contributed by atoms with van der Waals surface area (Å²) in [5.41, 5.74) is 0.439. The molecule has 1 aromatic carbocycles. The van der Waals surface area contributed by atoms with Gasteiger partial charge in [0.05, 0.1) is 17.3 Å². The molecule has 6 nitrogen and oxygen atoms in total. The van der Waals surface area contributed by atoms with E-state index in [1.54, 1.807) is 43.7 Å². The molecule has 2 heterocycles. The summed E-state index contributed by atoms with van der Waals surface area (Å²) < 4.78 is 34.5. The Labute approximate surface area is 134 Å². The number of imidazole rings is 1. The summed E-state index contributed by atoms with van der Waals surface area (Å²) in [4.78, 5) is 4.14. The molecule has 8 heteroatoms. The fraction of sp³-hybridized carbons (Fsp3) is 0.357. The number of aromatic nitrogens is 2. The van der Waals surface area contributed by atoms with Crippen LogP contribution in [0.3, 0.4) is 0 Å². The topological polar surface area (TPSA) is 64.4 Å². The molecular weight excluding hydrogens is 326 g/mol. The van der Waals surface area contributed by atoms with E-state index in [1.807, 2.05) is 0 Å². The Morgan fingerprint density at radius 1 is 1.41 bits per heavy atom. The number of nitrogens with zero attached hydrogens (tertiary/aromatic N) is 3. The molecule has 1 aliphatic heterocycles. The van der Waals surface area contributed by atoms with Gasteiger partial charge in [-0.1, -0.05) is 17.7 Å². The molecule has 118 valence electrons. The van der Waals surface area contributed by atoms with Crippen molar-refractivity contribution in [3.05, 3.63) is 35.2 Å². The van der Waals surface area contributed by atoms with Gasteiger partial charge in [0.15, 0.2) is 10.8 Å². The Morgan fingerprint density at radius 3 is 2.77 bits per heavy atom. The molecule has 2 aromatic rings. The second-order valence-electron chi connectivity index (χ2n) is 5.29. The lowest BCUT2D eigenvalue weighted by Gasteiger charge is -2.33. The second kappa shape index (κ2) is 5.17. The molecule has 0 bridgehead atoms. The Hall–Kier alpha value is -1.73. The smallest absolute Gasteiger partial charge is 0.283 e. The van der Waals surface area contributed by atoms with Crippen molar-refractivity contribution in [1.82, 2.24) is 9.55 Å². The molecular formula is C14H16ClN3O3S. The van der Waals surface area contributed by atoms with Gasteiger partial charge >= 0.3 is 0 Å². The molecule has 1 aliphatic rings. The molecule has 0 N–H and O–H groups in total. The third kappa shape index (κ3) is 2.34. The van der Waals surface area contributed by atoms with Gasteiger partial charge < -0.3 is 9.30 Å². The minimum atomic E-state index is -3.76. The van der Waals surface area contributed by atoms with Crippen molar-refractivity contribution in [2.24, 2.45) is 7.05 Å². The van der Waals surface area contributed by atoms with Crippen molar-refractivity contribution in [2.75, 3.05) is 10.8 Å². The molecule has 0 aliphatic carbocycles. The first-order chi connectivity index (χ1) is 10.3. The van der Waals surface area contributed by atoms with Crippen LogP contribution >= 0.6 is 11.6 Å². The van der Waals surface area contributed by atoms with Crippen LogP contribution in [0.5, 0.6) is 5.75 Å². The SMILES string of the molecule is Cc1nc(S(=O)(=O)N2CC(C)Oc3c(Cl)cccc32)cn1C. The molecule has 1 aromatic heterocycles. The predicted octanol–water partition coefficient (Wildman–Crippen LogP) is 2.36. The molecule has 1 atom stereocenters. The van der Waals surface area contributed by atoms with Gasteiger partial charge in [-0.25, -0.2) is 4.98 Å². The highest BCUT2D eigenvalue weighted by molar-refractivity contribution is 7.92. The van der Waals surface area contributed by atoms with E-state index in [4.69, 9.17) is 16.3 Å². The first-order valence-corrected chi connectivity index (χ1v) is 8.60. The molecule has 22 heavy (non-hydrogen) atoms. The number of sulfonamides is 1.